The molecule has 0 aliphatic rings. The lowest BCUT2D eigenvalue weighted by molar-refractivity contribution is 0.479. The molecule has 2 rings (SSSR count). The Morgan fingerprint density at radius 2 is 1.72 bits per heavy atom. The lowest BCUT2D eigenvalue weighted by Gasteiger charge is -2.09. The maximum absolute atomic E-state index is 5.91. The Morgan fingerprint density at radius 1 is 1.06 bits per heavy atom. The highest BCUT2D eigenvalue weighted by atomic mass is 79.9. The van der Waals surface area contributed by atoms with Crippen molar-refractivity contribution in [3.63, 3.8) is 0 Å². The maximum Gasteiger partial charge on any atom is 0.141 e. The summed E-state index contributed by atoms with van der Waals surface area (Å²) in [5.74, 6) is 1.28. The van der Waals surface area contributed by atoms with Crippen LogP contribution >= 0.6 is 39.1 Å². The monoisotopic (exact) mass is 345 g/mol. The molecule has 2 nitrogen and oxygen atoms in total. The average molecular weight is 347 g/mol. The van der Waals surface area contributed by atoms with E-state index in [9.17, 15) is 0 Å². The third-order valence-corrected chi connectivity index (χ3v) is 3.35. The Bertz CT molecular complexity index is 555. The van der Waals surface area contributed by atoms with Gasteiger partial charge in [-0.15, -0.1) is 0 Å². The second-order valence-corrected chi connectivity index (χ2v) is 5.40. The van der Waals surface area contributed by atoms with Crippen LogP contribution in [0, 0.1) is 0 Å². The normalized spacial score (nSPS) is 10.4. The smallest absolute Gasteiger partial charge is 0.141 e. The van der Waals surface area contributed by atoms with Crippen molar-refractivity contribution in [1.29, 1.82) is 0 Å². The van der Waals surface area contributed by atoms with Gasteiger partial charge in [-0.1, -0.05) is 29.3 Å². The quantitative estimate of drug-likeness (QED) is 0.848. The lowest BCUT2D eigenvalue weighted by atomic mass is 10.2. The molecule has 0 amide bonds. The van der Waals surface area contributed by atoms with Crippen LogP contribution in [0.2, 0.25) is 10.0 Å². The Hall–Kier alpha value is -0.740. The van der Waals surface area contributed by atoms with Gasteiger partial charge in [0.2, 0.25) is 0 Å². The molecular formula is C13H10BrCl2NO. The molecule has 0 radical (unpaired) electrons. The molecule has 2 N–H and O–H groups in total. The first-order chi connectivity index (χ1) is 8.58. The zero-order valence-corrected chi connectivity index (χ0v) is 12.4. The molecule has 2 aromatic carbocycles. The van der Waals surface area contributed by atoms with Gasteiger partial charge in [0.05, 0.1) is 4.47 Å². The second kappa shape index (κ2) is 5.93. The zero-order valence-electron chi connectivity index (χ0n) is 9.29. The minimum absolute atomic E-state index is 0.488. The molecule has 0 fully saturated rings. The van der Waals surface area contributed by atoms with E-state index >= 15 is 0 Å². The average Bonchev–Trinajstić information content (AvgIpc) is 2.30. The molecule has 94 valence electrons. The number of halogens is 3. The van der Waals surface area contributed by atoms with Gasteiger partial charge in [-0.25, -0.2) is 0 Å². The molecule has 5 heteroatoms. The number of ether oxygens (including phenoxy) is 1. The summed E-state index contributed by atoms with van der Waals surface area (Å²) in [4.78, 5) is 0. The van der Waals surface area contributed by atoms with E-state index in [2.05, 4.69) is 15.9 Å². The molecular weight excluding hydrogens is 337 g/mol. The second-order valence-electron chi connectivity index (χ2n) is 3.68. The topological polar surface area (TPSA) is 35.2 Å². The van der Waals surface area contributed by atoms with E-state index in [-0.39, 0.29) is 0 Å². The molecule has 0 atom stereocenters. The molecule has 0 spiro atoms. The van der Waals surface area contributed by atoms with E-state index in [1.165, 1.54) is 0 Å². The highest BCUT2D eigenvalue weighted by Crippen LogP contribution is 2.33. The first-order valence-electron chi connectivity index (χ1n) is 5.21. The molecule has 0 aliphatic carbocycles. The summed E-state index contributed by atoms with van der Waals surface area (Å²) < 4.78 is 6.55. The number of hydrogen-bond donors (Lipinski definition) is 1. The zero-order chi connectivity index (χ0) is 13.1. The van der Waals surface area contributed by atoms with E-state index in [0.717, 1.165) is 10.0 Å². The van der Waals surface area contributed by atoms with E-state index in [4.69, 9.17) is 33.7 Å². The van der Waals surface area contributed by atoms with Crippen molar-refractivity contribution in [2.75, 3.05) is 0 Å². The van der Waals surface area contributed by atoms with Crippen LogP contribution in [0.1, 0.15) is 5.56 Å². The van der Waals surface area contributed by atoms with E-state index in [1.807, 2.05) is 18.2 Å². The van der Waals surface area contributed by atoms with Crippen molar-refractivity contribution in [3.05, 3.63) is 56.5 Å². The molecule has 2 aromatic rings. The van der Waals surface area contributed by atoms with Gasteiger partial charge in [0.25, 0.3) is 0 Å². The van der Waals surface area contributed by atoms with Crippen molar-refractivity contribution in [2.24, 2.45) is 5.73 Å². The van der Waals surface area contributed by atoms with Gasteiger partial charge in [-0.3, -0.25) is 0 Å². The lowest BCUT2D eigenvalue weighted by Crippen LogP contribution is -1.96. The number of nitrogens with two attached hydrogens (primary N) is 1. The molecule has 0 saturated carbocycles. The van der Waals surface area contributed by atoms with E-state index in [1.54, 1.807) is 18.2 Å². The van der Waals surface area contributed by atoms with E-state index < -0.39 is 0 Å². The van der Waals surface area contributed by atoms with Crippen LogP contribution in [0.4, 0.5) is 0 Å². The number of hydrogen-bond acceptors (Lipinski definition) is 2. The highest BCUT2D eigenvalue weighted by Gasteiger charge is 2.05. The van der Waals surface area contributed by atoms with Crippen LogP contribution in [0.5, 0.6) is 11.5 Å². The molecule has 0 unspecified atom stereocenters. The number of benzene rings is 2. The third kappa shape index (κ3) is 3.39. The Kier molecular flexibility index (Phi) is 4.51. The van der Waals surface area contributed by atoms with Crippen LogP contribution in [0.3, 0.4) is 0 Å². The Labute approximate surface area is 124 Å². The standard InChI is InChI=1S/C13H10BrCl2NO/c14-12-3-8(7-17)1-2-13(12)18-11-5-9(15)4-10(16)6-11/h1-6H,7,17H2. The molecule has 18 heavy (non-hydrogen) atoms. The predicted octanol–water partition coefficient (Wildman–Crippen LogP) is 5.01. The summed E-state index contributed by atoms with van der Waals surface area (Å²) in [6.07, 6.45) is 0. The van der Waals surface area contributed by atoms with Crippen molar-refractivity contribution in [1.82, 2.24) is 0 Å². The van der Waals surface area contributed by atoms with Crippen LogP contribution in [0.15, 0.2) is 40.9 Å². The molecule has 0 aromatic heterocycles. The van der Waals surface area contributed by atoms with Crippen LogP contribution < -0.4 is 10.5 Å². The molecule has 0 aliphatic heterocycles. The van der Waals surface area contributed by atoms with Gasteiger partial charge in [0, 0.05) is 16.6 Å². The van der Waals surface area contributed by atoms with Crippen molar-refractivity contribution < 1.29 is 4.74 Å². The van der Waals surface area contributed by atoms with Gasteiger partial charge in [-0.2, -0.15) is 0 Å². The van der Waals surface area contributed by atoms with Crippen LogP contribution in [-0.4, -0.2) is 0 Å². The largest absolute Gasteiger partial charge is 0.456 e. The fourth-order valence-electron chi connectivity index (χ4n) is 1.47. The van der Waals surface area contributed by atoms with Crippen molar-refractivity contribution in [2.45, 2.75) is 6.54 Å². The fourth-order valence-corrected chi connectivity index (χ4v) is 2.48. The molecule has 0 saturated heterocycles. The Morgan fingerprint density at radius 3 is 2.28 bits per heavy atom. The number of rotatable bonds is 3. The SMILES string of the molecule is NCc1ccc(Oc2cc(Cl)cc(Cl)c2)c(Br)c1. The minimum atomic E-state index is 0.488. The summed E-state index contributed by atoms with van der Waals surface area (Å²) in [6, 6.07) is 10.7. The summed E-state index contributed by atoms with van der Waals surface area (Å²) in [5, 5.41) is 1.07. The fraction of sp³-hybridized carbons (Fsp3) is 0.0769. The van der Waals surface area contributed by atoms with Crippen molar-refractivity contribution >= 4 is 39.1 Å². The third-order valence-electron chi connectivity index (χ3n) is 2.30. The van der Waals surface area contributed by atoms with Gasteiger partial charge >= 0.3 is 0 Å². The predicted molar refractivity (Wildman–Crippen MR) is 78.6 cm³/mol. The van der Waals surface area contributed by atoms with Gasteiger partial charge in [-0.05, 0) is 51.8 Å². The highest BCUT2D eigenvalue weighted by molar-refractivity contribution is 9.10. The first-order valence-corrected chi connectivity index (χ1v) is 6.76. The van der Waals surface area contributed by atoms with Gasteiger partial charge in [0.15, 0.2) is 0 Å². The summed E-state index contributed by atoms with van der Waals surface area (Å²) in [5.41, 5.74) is 6.59. The summed E-state index contributed by atoms with van der Waals surface area (Å²) in [6.45, 7) is 0.488. The summed E-state index contributed by atoms with van der Waals surface area (Å²) >= 11 is 15.3. The van der Waals surface area contributed by atoms with E-state index in [0.29, 0.717) is 28.1 Å². The first kappa shape index (κ1) is 13.7. The molecule has 0 bridgehead atoms. The van der Waals surface area contributed by atoms with Crippen LogP contribution in [0.25, 0.3) is 0 Å². The van der Waals surface area contributed by atoms with Gasteiger partial charge < -0.3 is 10.5 Å². The maximum atomic E-state index is 5.91. The Balaban J connectivity index is 2.28. The minimum Gasteiger partial charge on any atom is -0.456 e. The molecule has 0 heterocycles. The van der Waals surface area contributed by atoms with Gasteiger partial charge in [0.1, 0.15) is 11.5 Å². The van der Waals surface area contributed by atoms with Crippen molar-refractivity contribution in [3.8, 4) is 11.5 Å². The van der Waals surface area contributed by atoms with Crippen LogP contribution in [-0.2, 0) is 6.54 Å². The summed E-state index contributed by atoms with van der Waals surface area (Å²) in [7, 11) is 0.